The van der Waals surface area contributed by atoms with E-state index in [0.29, 0.717) is 26.1 Å². The summed E-state index contributed by atoms with van der Waals surface area (Å²) in [6.45, 7) is 4.75. The lowest BCUT2D eigenvalue weighted by Crippen LogP contribution is -2.21. The number of rotatable bonds is 9. The molecule has 0 fully saturated rings. The van der Waals surface area contributed by atoms with Gasteiger partial charge in [-0.1, -0.05) is 13.8 Å². The van der Waals surface area contributed by atoms with E-state index in [1.165, 1.54) is 0 Å². The fourth-order valence-electron chi connectivity index (χ4n) is 1.22. The molecule has 0 aromatic carbocycles. The molecule has 0 bridgehead atoms. The van der Waals surface area contributed by atoms with E-state index in [9.17, 15) is 10.2 Å². The molecule has 0 rings (SSSR count). The maximum Gasteiger partial charge on any atom is 0.0771 e. The molecule has 0 heterocycles. The molecule has 4 nitrogen and oxygen atoms in total. The third-order valence-electron chi connectivity index (χ3n) is 2.58. The average molecular weight is 220 g/mol. The molecule has 0 aliphatic heterocycles. The first-order valence-corrected chi connectivity index (χ1v) is 5.66. The highest BCUT2D eigenvalue weighted by Gasteiger charge is 2.13. The fourth-order valence-corrected chi connectivity index (χ4v) is 1.22. The molecular weight excluding hydrogens is 196 g/mol. The van der Waals surface area contributed by atoms with E-state index in [4.69, 9.17) is 9.84 Å². The van der Waals surface area contributed by atoms with Gasteiger partial charge in [0.25, 0.3) is 0 Å². The Balaban J connectivity index is 3.41. The van der Waals surface area contributed by atoms with Crippen LogP contribution in [0.5, 0.6) is 0 Å². The minimum atomic E-state index is -0.463. The first kappa shape index (κ1) is 14.8. The largest absolute Gasteiger partial charge is 0.396 e. The first-order chi connectivity index (χ1) is 7.11. The number of hydrogen-bond acceptors (Lipinski definition) is 4. The molecule has 0 spiro atoms. The van der Waals surface area contributed by atoms with Crippen LogP contribution in [0.2, 0.25) is 0 Å². The molecule has 0 aliphatic carbocycles. The molecule has 3 unspecified atom stereocenters. The summed E-state index contributed by atoms with van der Waals surface area (Å²) in [6, 6.07) is 0. The standard InChI is InChI=1S/C11H24O4/c1-3-10(13)8-15-7-5-9(2)11(14)4-6-12/h9-14H,3-8H2,1-2H3. The van der Waals surface area contributed by atoms with Crippen LogP contribution in [0.4, 0.5) is 0 Å². The van der Waals surface area contributed by atoms with E-state index >= 15 is 0 Å². The summed E-state index contributed by atoms with van der Waals surface area (Å²) in [4.78, 5) is 0. The maximum atomic E-state index is 9.51. The van der Waals surface area contributed by atoms with Crippen molar-refractivity contribution in [3.8, 4) is 0 Å². The lowest BCUT2D eigenvalue weighted by molar-refractivity contribution is 0.0170. The Kier molecular flexibility index (Phi) is 9.00. The Morgan fingerprint density at radius 2 is 1.87 bits per heavy atom. The van der Waals surface area contributed by atoms with Crippen LogP contribution in [0.25, 0.3) is 0 Å². The Labute approximate surface area is 91.9 Å². The zero-order valence-corrected chi connectivity index (χ0v) is 9.72. The Bertz CT molecular complexity index is 141. The van der Waals surface area contributed by atoms with Crippen LogP contribution in [0.1, 0.15) is 33.1 Å². The molecule has 3 atom stereocenters. The van der Waals surface area contributed by atoms with Crippen LogP contribution in [-0.2, 0) is 4.74 Å². The lowest BCUT2D eigenvalue weighted by atomic mass is 9.99. The quantitative estimate of drug-likeness (QED) is 0.496. The van der Waals surface area contributed by atoms with Gasteiger partial charge in [-0.25, -0.2) is 0 Å². The molecule has 0 aromatic heterocycles. The predicted octanol–water partition coefficient (Wildman–Crippen LogP) is 0.543. The molecule has 0 saturated heterocycles. The lowest BCUT2D eigenvalue weighted by Gasteiger charge is -2.18. The third-order valence-corrected chi connectivity index (χ3v) is 2.58. The summed E-state index contributed by atoms with van der Waals surface area (Å²) in [6.07, 6.45) is 1.01. The van der Waals surface area contributed by atoms with Crippen LogP contribution in [0, 0.1) is 5.92 Å². The van der Waals surface area contributed by atoms with Crippen LogP contribution < -0.4 is 0 Å². The monoisotopic (exact) mass is 220 g/mol. The van der Waals surface area contributed by atoms with Gasteiger partial charge in [0.05, 0.1) is 18.8 Å². The van der Waals surface area contributed by atoms with E-state index < -0.39 is 6.10 Å². The predicted molar refractivity (Wildman–Crippen MR) is 58.6 cm³/mol. The molecule has 92 valence electrons. The summed E-state index contributed by atoms with van der Waals surface area (Å²) in [5, 5.41) is 27.4. The van der Waals surface area contributed by atoms with E-state index in [1.807, 2.05) is 13.8 Å². The summed E-state index contributed by atoms with van der Waals surface area (Å²) in [5.41, 5.74) is 0. The summed E-state index contributed by atoms with van der Waals surface area (Å²) in [5.74, 6) is 0.121. The number of hydrogen-bond donors (Lipinski definition) is 3. The molecule has 3 N–H and O–H groups in total. The molecule has 15 heavy (non-hydrogen) atoms. The Morgan fingerprint density at radius 1 is 1.20 bits per heavy atom. The van der Waals surface area contributed by atoms with Gasteiger partial charge in [0, 0.05) is 13.2 Å². The zero-order chi connectivity index (χ0) is 11.7. The smallest absolute Gasteiger partial charge is 0.0771 e. The van der Waals surface area contributed by atoms with Crippen LogP contribution >= 0.6 is 0 Å². The number of aliphatic hydroxyl groups is 3. The van der Waals surface area contributed by atoms with Crippen molar-refractivity contribution in [2.45, 2.75) is 45.3 Å². The first-order valence-electron chi connectivity index (χ1n) is 5.66. The molecule has 0 aromatic rings. The van der Waals surface area contributed by atoms with Crippen LogP contribution in [0.3, 0.4) is 0 Å². The number of ether oxygens (including phenoxy) is 1. The summed E-state index contributed by atoms with van der Waals surface area (Å²) in [7, 11) is 0. The second-order valence-corrected chi connectivity index (χ2v) is 3.98. The van der Waals surface area contributed by atoms with Gasteiger partial charge in [-0.2, -0.15) is 0 Å². The minimum Gasteiger partial charge on any atom is -0.396 e. The molecule has 0 radical (unpaired) electrons. The normalized spacial score (nSPS) is 17.4. The van der Waals surface area contributed by atoms with Gasteiger partial charge in [-0.05, 0) is 25.2 Å². The van der Waals surface area contributed by atoms with E-state index in [-0.39, 0.29) is 18.6 Å². The van der Waals surface area contributed by atoms with Crippen molar-refractivity contribution in [1.29, 1.82) is 0 Å². The highest BCUT2D eigenvalue weighted by molar-refractivity contribution is 4.63. The van der Waals surface area contributed by atoms with Crippen LogP contribution in [-0.4, -0.2) is 47.3 Å². The Hall–Kier alpha value is -0.160. The number of aliphatic hydroxyl groups excluding tert-OH is 3. The molecule has 0 aliphatic rings. The van der Waals surface area contributed by atoms with E-state index in [1.54, 1.807) is 0 Å². The van der Waals surface area contributed by atoms with Gasteiger partial charge >= 0.3 is 0 Å². The van der Waals surface area contributed by atoms with Gasteiger partial charge in [0.15, 0.2) is 0 Å². The van der Waals surface area contributed by atoms with Crippen molar-refractivity contribution < 1.29 is 20.1 Å². The minimum absolute atomic E-state index is 0.0148. The van der Waals surface area contributed by atoms with Crippen molar-refractivity contribution >= 4 is 0 Å². The van der Waals surface area contributed by atoms with Crippen molar-refractivity contribution in [2.24, 2.45) is 5.92 Å². The highest BCUT2D eigenvalue weighted by Crippen LogP contribution is 2.11. The topological polar surface area (TPSA) is 69.9 Å². The van der Waals surface area contributed by atoms with Crippen molar-refractivity contribution in [2.75, 3.05) is 19.8 Å². The van der Waals surface area contributed by atoms with E-state index in [0.717, 1.165) is 6.42 Å². The van der Waals surface area contributed by atoms with Crippen LogP contribution in [0.15, 0.2) is 0 Å². The molecule has 0 saturated carbocycles. The second-order valence-electron chi connectivity index (χ2n) is 3.98. The molecular formula is C11H24O4. The summed E-state index contributed by atoms with van der Waals surface area (Å²) >= 11 is 0. The van der Waals surface area contributed by atoms with Crippen molar-refractivity contribution in [3.63, 3.8) is 0 Å². The third kappa shape index (κ3) is 7.73. The SMILES string of the molecule is CCC(O)COCCC(C)C(O)CCO. The van der Waals surface area contributed by atoms with Gasteiger partial charge in [-0.15, -0.1) is 0 Å². The van der Waals surface area contributed by atoms with Gasteiger partial charge in [-0.3, -0.25) is 0 Å². The van der Waals surface area contributed by atoms with Gasteiger partial charge < -0.3 is 20.1 Å². The molecule has 0 amide bonds. The van der Waals surface area contributed by atoms with Crippen molar-refractivity contribution in [3.05, 3.63) is 0 Å². The highest BCUT2D eigenvalue weighted by atomic mass is 16.5. The molecule has 4 heteroatoms. The van der Waals surface area contributed by atoms with Gasteiger partial charge in [0.2, 0.25) is 0 Å². The second kappa shape index (κ2) is 9.09. The maximum absolute atomic E-state index is 9.51. The van der Waals surface area contributed by atoms with Gasteiger partial charge in [0.1, 0.15) is 0 Å². The zero-order valence-electron chi connectivity index (χ0n) is 9.72. The fraction of sp³-hybridized carbons (Fsp3) is 1.00. The average Bonchev–Trinajstić information content (AvgIpc) is 2.23. The summed E-state index contributed by atoms with van der Waals surface area (Å²) < 4.78 is 5.26. The van der Waals surface area contributed by atoms with Crippen molar-refractivity contribution in [1.82, 2.24) is 0 Å². The van der Waals surface area contributed by atoms with E-state index in [2.05, 4.69) is 0 Å². The Morgan fingerprint density at radius 3 is 2.40 bits per heavy atom.